The second-order valence-electron chi connectivity index (χ2n) is 8.97. The molecule has 0 aromatic carbocycles. The molecule has 0 aromatic rings. The highest BCUT2D eigenvalue weighted by Crippen LogP contribution is 2.65. The Bertz CT molecular complexity index is 567. The average Bonchev–Trinajstić information content (AvgIpc) is 2.93. The van der Waals surface area contributed by atoms with Crippen LogP contribution in [0.25, 0.3) is 0 Å². The Morgan fingerprint density at radius 1 is 1.46 bits per heavy atom. The molecule has 0 N–H and O–H groups in total. The van der Waals surface area contributed by atoms with Gasteiger partial charge in [-0.25, -0.2) is 0 Å². The average molecular weight is 332 g/mol. The Hall–Kier alpha value is -0.960. The highest BCUT2D eigenvalue weighted by Gasteiger charge is 2.66. The number of hydrogen-bond acceptors (Lipinski definition) is 3. The zero-order valence-electron chi connectivity index (χ0n) is 15.7. The predicted octanol–water partition coefficient (Wildman–Crippen LogP) is 4.35. The molecule has 3 aliphatic rings. The lowest BCUT2D eigenvalue weighted by Gasteiger charge is -2.60. The first kappa shape index (κ1) is 17.8. The van der Waals surface area contributed by atoms with Gasteiger partial charge in [0, 0.05) is 35.0 Å². The normalized spacial score (nSPS) is 43.8. The number of hydrogen-bond donors (Lipinski definition) is 0. The number of carbonyl (C=O) groups excluding carboxylic acids is 2. The summed E-state index contributed by atoms with van der Waals surface area (Å²) in [4.78, 5) is 25.3. The summed E-state index contributed by atoms with van der Waals surface area (Å²) >= 11 is 0. The third-order valence-corrected chi connectivity index (χ3v) is 7.85. The third-order valence-electron chi connectivity index (χ3n) is 7.85. The smallest absolute Gasteiger partial charge is 0.142 e. The van der Waals surface area contributed by atoms with Gasteiger partial charge in [-0.05, 0) is 38.5 Å². The molecule has 134 valence electrons. The zero-order valence-corrected chi connectivity index (χ0v) is 15.7. The van der Waals surface area contributed by atoms with Crippen LogP contribution in [0.15, 0.2) is 12.7 Å². The lowest BCUT2D eigenvalue weighted by Crippen LogP contribution is -2.62. The minimum atomic E-state index is -0.568. The van der Waals surface area contributed by atoms with Crippen LogP contribution < -0.4 is 0 Å². The molecule has 2 aliphatic carbocycles. The molecule has 0 amide bonds. The summed E-state index contributed by atoms with van der Waals surface area (Å²) in [6.07, 6.45) is 6.85. The molecule has 3 fully saturated rings. The molecule has 3 unspecified atom stereocenters. The molecule has 6 atom stereocenters. The van der Waals surface area contributed by atoms with Crippen molar-refractivity contribution in [1.82, 2.24) is 0 Å². The molecule has 1 aliphatic heterocycles. The van der Waals surface area contributed by atoms with Crippen molar-refractivity contribution < 1.29 is 14.3 Å². The van der Waals surface area contributed by atoms with Crippen LogP contribution in [0.3, 0.4) is 0 Å². The van der Waals surface area contributed by atoms with E-state index in [4.69, 9.17) is 4.74 Å². The van der Waals surface area contributed by atoms with Gasteiger partial charge in [-0.3, -0.25) is 9.59 Å². The largest absolute Gasteiger partial charge is 0.377 e. The number of allylic oxidation sites excluding steroid dienone is 1. The fraction of sp³-hybridized carbons (Fsp3) is 0.810. The highest BCUT2D eigenvalue weighted by molar-refractivity contribution is 5.87. The second-order valence-corrected chi connectivity index (χ2v) is 8.97. The quantitative estimate of drug-likeness (QED) is 0.703. The van der Waals surface area contributed by atoms with E-state index in [0.717, 1.165) is 19.3 Å². The summed E-state index contributed by atoms with van der Waals surface area (Å²) in [7, 11) is 0. The van der Waals surface area contributed by atoms with Gasteiger partial charge in [0.05, 0.1) is 12.7 Å². The van der Waals surface area contributed by atoms with Crippen molar-refractivity contribution in [1.29, 1.82) is 0 Å². The van der Waals surface area contributed by atoms with Crippen LogP contribution in [-0.4, -0.2) is 24.3 Å². The van der Waals surface area contributed by atoms with Crippen LogP contribution in [0, 0.1) is 28.1 Å². The maximum absolute atomic E-state index is 12.8. The maximum Gasteiger partial charge on any atom is 0.142 e. The monoisotopic (exact) mass is 332 g/mol. The molecule has 24 heavy (non-hydrogen) atoms. The van der Waals surface area contributed by atoms with Crippen LogP contribution in [0.5, 0.6) is 0 Å². The van der Waals surface area contributed by atoms with Crippen molar-refractivity contribution in [2.45, 2.75) is 72.3 Å². The molecular formula is C21H32O3. The SMILES string of the molecule is C=C[C@](C)(C[C@H]1OC[C@]23CCC(=O)C2C1(C)C(C)CC3)C(=O)CC. The Morgan fingerprint density at radius 3 is 2.79 bits per heavy atom. The highest BCUT2D eigenvalue weighted by atomic mass is 16.5. The van der Waals surface area contributed by atoms with Crippen molar-refractivity contribution in [3.05, 3.63) is 12.7 Å². The third kappa shape index (κ3) is 2.27. The topological polar surface area (TPSA) is 43.4 Å². The van der Waals surface area contributed by atoms with Gasteiger partial charge in [0.25, 0.3) is 0 Å². The molecule has 3 heteroatoms. The number of ether oxygens (including phenoxy) is 1. The van der Waals surface area contributed by atoms with Crippen LogP contribution in [0.1, 0.15) is 66.2 Å². The zero-order chi connectivity index (χ0) is 17.8. The van der Waals surface area contributed by atoms with E-state index in [9.17, 15) is 9.59 Å². The molecule has 1 saturated heterocycles. The standard InChI is InChI=1S/C21H32O3/c1-6-16(23)19(4,7-2)12-17-20(5)14(3)8-10-21(13-24-17)11-9-15(22)18(20)21/h7,14,17-18H,2,6,8-13H2,1,3-5H3/t14?,17-,18?,19-,20?,21+/m1/s1. The van der Waals surface area contributed by atoms with E-state index in [1.54, 1.807) is 6.08 Å². The van der Waals surface area contributed by atoms with E-state index in [1.165, 1.54) is 0 Å². The summed E-state index contributed by atoms with van der Waals surface area (Å²) in [5.74, 6) is 1.19. The Morgan fingerprint density at radius 2 is 2.17 bits per heavy atom. The number of Topliss-reactive ketones (excluding diaryl/α,β-unsaturated/α-hetero) is 2. The van der Waals surface area contributed by atoms with E-state index in [-0.39, 0.29) is 28.6 Å². The fourth-order valence-electron chi connectivity index (χ4n) is 5.93. The molecule has 1 heterocycles. The first-order valence-corrected chi connectivity index (χ1v) is 9.55. The van der Waals surface area contributed by atoms with Gasteiger partial charge in [0.1, 0.15) is 11.6 Å². The number of ketones is 2. The maximum atomic E-state index is 12.8. The Balaban J connectivity index is 1.97. The molecule has 0 spiro atoms. The Kier molecular flexibility index (Phi) is 4.31. The first-order valence-electron chi connectivity index (χ1n) is 9.55. The summed E-state index contributed by atoms with van der Waals surface area (Å²) in [5, 5.41) is 0. The van der Waals surface area contributed by atoms with Gasteiger partial charge in [-0.15, -0.1) is 6.58 Å². The summed E-state index contributed by atoms with van der Waals surface area (Å²) in [6, 6.07) is 0. The molecule has 2 saturated carbocycles. The van der Waals surface area contributed by atoms with Crippen molar-refractivity contribution in [2.75, 3.05) is 6.61 Å². The van der Waals surface area contributed by atoms with E-state index in [2.05, 4.69) is 20.4 Å². The van der Waals surface area contributed by atoms with Crippen LogP contribution in [0.2, 0.25) is 0 Å². The minimum absolute atomic E-state index is 0.0496. The van der Waals surface area contributed by atoms with Gasteiger partial charge in [-0.1, -0.05) is 26.8 Å². The summed E-state index contributed by atoms with van der Waals surface area (Å²) in [5.41, 5.74) is -0.669. The van der Waals surface area contributed by atoms with Crippen molar-refractivity contribution in [3.8, 4) is 0 Å². The second kappa shape index (κ2) is 5.79. The van der Waals surface area contributed by atoms with Gasteiger partial charge >= 0.3 is 0 Å². The van der Waals surface area contributed by atoms with Crippen molar-refractivity contribution >= 4 is 11.6 Å². The summed E-state index contributed by atoms with van der Waals surface area (Å²) < 4.78 is 6.41. The van der Waals surface area contributed by atoms with Gasteiger partial charge < -0.3 is 4.74 Å². The van der Waals surface area contributed by atoms with Crippen molar-refractivity contribution in [3.63, 3.8) is 0 Å². The number of rotatable bonds is 5. The minimum Gasteiger partial charge on any atom is -0.377 e. The first-order chi connectivity index (χ1) is 11.2. The van der Waals surface area contributed by atoms with Gasteiger partial charge in [0.15, 0.2) is 0 Å². The van der Waals surface area contributed by atoms with Crippen LogP contribution in [0.4, 0.5) is 0 Å². The van der Waals surface area contributed by atoms with E-state index >= 15 is 0 Å². The van der Waals surface area contributed by atoms with E-state index in [1.807, 2.05) is 13.8 Å². The van der Waals surface area contributed by atoms with Crippen LogP contribution >= 0.6 is 0 Å². The van der Waals surface area contributed by atoms with Crippen LogP contribution in [-0.2, 0) is 14.3 Å². The fourth-order valence-corrected chi connectivity index (χ4v) is 5.93. The lowest BCUT2D eigenvalue weighted by atomic mass is 9.48. The molecule has 2 bridgehead atoms. The molecular weight excluding hydrogens is 300 g/mol. The van der Waals surface area contributed by atoms with E-state index in [0.29, 0.717) is 37.6 Å². The summed E-state index contributed by atoms with van der Waals surface area (Å²) in [6.45, 7) is 13.0. The predicted molar refractivity (Wildman–Crippen MR) is 94.6 cm³/mol. The molecule has 0 aromatic heterocycles. The Labute approximate surface area is 146 Å². The number of carbonyl (C=O) groups is 2. The van der Waals surface area contributed by atoms with Gasteiger partial charge in [0.2, 0.25) is 0 Å². The molecule has 3 rings (SSSR count). The van der Waals surface area contributed by atoms with Gasteiger partial charge in [-0.2, -0.15) is 0 Å². The van der Waals surface area contributed by atoms with E-state index < -0.39 is 5.41 Å². The molecule has 0 radical (unpaired) electrons. The lowest BCUT2D eigenvalue weighted by molar-refractivity contribution is -0.223. The van der Waals surface area contributed by atoms with Crippen molar-refractivity contribution in [2.24, 2.45) is 28.1 Å². The molecule has 3 nitrogen and oxygen atoms in total.